The predicted molar refractivity (Wildman–Crippen MR) is 47.7 cm³/mol. The average molecular weight is 168 g/mol. The van der Waals surface area contributed by atoms with Gasteiger partial charge in [0.25, 0.3) is 0 Å². The van der Waals surface area contributed by atoms with Crippen molar-refractivity contribution in [3.05, 3.63) is 0 Å². The van der Waals surface area contributed by atoms with Gasteiger partial charge in [0, 0.05) is 13.0 Å². The van der Waals surface area contributed by atoms with Gasteiger partial charge in [-0.05, 0) is 37.5 Å². The molecule has 0 heterocycles. The summed E-state index contributed by atoms with van der Waals surface area (Å²) in [6.45, 7) is 1.48. The van der Waals surface area contributed by atoms with Crippen LogP contribution in [0.5, 0.6) is 0 Å². The molecule has 2 fully saturated rings. The number of amides is 1. The fourth-order valence-corrected chi connectivity index (χ4v) is 2.67. The number of carbonyl (C=O) groups excluding carboxylic acids is 1. The van der Waals surface area contributed by atoms with E-state index in [2.05, 4.69) is 0 Å². The third kappa shape index (κ3) is 1.35. The molecule has 0 radical (unpaired) electrons. The normalized spacial score (nSPS) is 32.8. The zero-order chi connectivity index (χ0) is 9.47. The molecule has 0 bridgehead atoms. The molecule has 0 aliphatic heterocycles. The highest BCUT2D eigenvalue weighted by molar-refractivity contribution is 5.73. The molecule has 2 rings (SSSR count). The zero-order valence-corrected chi connectivity index (χ0v) is 7.68. The Morgan fingerprint density at radius 3 is 2.75 bits per heavy atom. The molecular weight excluding hydrogens is 150 g/mol. The van der Waals surface area contributed by atoms with Crippen molar-refractivity contribution in [1.82, 2.24) is 5.31 Å². The summed E-state index contributed by atoms with van der Waals surface area (Å²) >= 11 is 0. The average Bonchev–Trinajstić information content (AvgIpc) is 2.45. The lowest BCUT2D eigenvalue weighted by Gasteiger charge is -2.38. The van der Waals surface area contributed by atoms with Crippen molar-refractivity contribution < 1.29 is 6.21 Å². The highest BCUT2D eigenvalue weighted by Crippen LogP contribution is 2.52. The monoisotopic (exact) mass is 168 g/mol. The molecule has 0 aromatic rings. The van der Waals surface area contributed by atoms with Crippen LogP contribution in [0.15, 0.2) is 0 Å². The molecule has 12 heavy (non-hydrogen) atoms. The maximum Gasteiger partial charge on any atom is 0.217 e. The van der Waals surface area contributed by atoms with E-state index in [9.17, 15) is 4.79 Å². The molecule has 2 aliphatic rings. The maximum absolute atomic E-state index is 11.0. The number of hydrogen-bond acceptors (Lipinski definition) is 1. The summed E-state index contributed by atoms with van der Waals surface area (Å²) in [6.07, 6.45) is 7.37. The molecule has 0 aromatic heterocycles. The largest absolute Gasteiger partial charge is 0.354 e. The van der Waals surface area contributed by atoms with Gasteiger partial charge in [-0.3, -0.25) is 4.79 Å². The second kappa shape index (κ2) is 2.75. The van der Waals surface area contributed by atoms with Gasteiger partial charge < -0.3 is 5.31 Å². The van der Waals surface area contributed by atoms with Gasteiger partial charge in [-0.1, -0.05) is 6.42 Å². The number of hydrogen-bond donors (Lipinski definition) is 1. The minimum Gasteiger partial charge on any atom is -0.354 e. The Morgan fingerprint density at radius 1 is 1.58 bits per heavy atom. The molecule has 2 saturated carbocycles. The van der Waals surface area contributed by atoms with Crippen molar-refractivity contribution in [1.29, 1.82) is 0 Å². The highest BCUT2D eigenvalue weighted by atomic mass is 16.1. The molecule has 1 N–H and O–H groups in total. The number of rotatable bonds is 1. The SMILES string of the molecule is [2H]N(C(C)=O)C1CCC2(CCC2)C1. The van der Waals surface area contributed by atoms with E-state index < -0.39 is 0 Å². The Kier molecular flexibility index (Phi) is 1.59. The van der Waals surface area contributed by atoms with E-state index in [1.54, 1.807) is 0 Å². The van der Waals surface area contributed by atoms with Crippen molar-refractivity contribution >= 4 is 5.91 Å². The Balaban J connectivity index is 1.94. The molecule has 1 amide bonds. The van der Waals surface area contributed by atoms with Crippen LogP contribution in [0, 0.1) is 5.41 Å². The second-order valence-corrected chi connectivity index (χ2v) is 4.40. The minimum absolute atomic E-state index is 0.110. The van der Waals surface area contributed by atoms with Gasteiger partial charge in [-0.25, -0.2) is 0 Å². The van der Waals surface area contributed by atoms with Crippen LogP contribution in [0.25, 0.3) is 0 Å². The fourth-order valence-electron chi connectivity index (χ4n) is 2.67. The third-order valence-electron chi connectivity index (χ3n) is 3.46. The van der Waals surface area contributed by atoms with Gasteiger partial charge in [-0.15, -0.1) is 0 Å². The summed E-state index contributed by atoms with van der Waals surface area (Å²) in [7, 11) is 0. The summed E-state index contributed by atoms with van der Waals surface area (Å²) in [5, 5.41) is 1.19. The van der Waals surface area contributed by atoms with E-state index in [0.717, 1.165) is 12.8 Å². The van der Waals surface area contributed by atoms with Crippen molar-refractivity contribution in [2.75, 3.05) is 0 Å². The van der Waals surface area contributed by atoms with Crippen molar-refractivity contribution in [3.8, 4) is 0 Å². The smallest absolute Gasteiger partial charge is 0.217 e. The molecular formula is C10H17NO. The maximum atomic E-state index is 11.0. The Labute approximate surface area is 75.2 Å². The summed E-state index contributed by atoms with van der Waals surface area (Å²) < 4.78 is 7.58. The van der Waals surface area contributed by atoms with Gasteiger partial charge in [0.15, 0.2) is 1.41 Å². The van der Waals surface area contributed by atoms with Crippen LogP contribution in [-0.2, 0) is 4.79 Å². The van der Waals surface area contributed by atoms with Crippen molar-refractivity contribution in [2.24, 2.45) is 5.41 Å². The van der Waals surface area contributed by atoms with E-state index >= 15 is 0 Å². The summed E-state index contributed by atoms with van der Waals surface area (Å²) in [5.74, 6) is -0.110. The molecule has 2 nitrogen and oxygen atoms in total. The van der Waals surface area contributed by atoms with Gasteiger partial charge in [0.05, 0.1) is 0 Å². The molecule has 0 aromatic carbocycles. The van der Waals surface area contributed by atoms with E-state index in [0.29, 0.717) is 5.41 Å². The number of nitrogens with one attached hydrogen (secondary N) is 1. The van der Waals surface area contributed by atoms with Gasteiger partial charge in [0.2, 0.25) is 5.91 Å². The van der Waals surface area contributed by atoms with Crippen LogP contribution in [-0.4, -0.2) is 11.9 Å². The molecule has 1 spiro atoms. The van der Waals surface area contributed by atoms with E-state index in [1.807, 2.05) is 0 Å². The topological polar surface area (TPSA) is 29.1 Å². The highest BCUT2D eigenvalue weighted by Gasteiger charge is 2.43. The Hall–Kier alpha value is -0.530. The molecule has 2 heteroatoms. The van der Waals surface area contributed by atoms with Crippen molar-refractivity contribution in [3.63, 3.8) is 0 Å². The zero-order valence-electron chi connectivity index (χ0n) is 8.68. The van der Waals surface area contributed by atoms with Crippen LogP contribution in [0.2, 0.25) is 1.41 Å². The van der Waals surface area contributed by atoms with Gasteiger partial charge >= 0.3 is 0 Å². The van der Waals surface area contributed by atoms with E-state index in [4.69, 9.17) is 1.41 Å². The standard InChI is InChI=1S/C10H17NO/c1-8(12)11-9-3-6-10(7-9)4-2-5-10/h9H,2-7H2,1H3,(H,11,12)/i/hD. The summed E-state index contributed by atoms with van der Waals surface area (Å²) in [4.78, 5) is 11.0. The van der Waals surface area contributed by atoms with Gasteiger partial charge in [0.1, 0.15) is 0 Å². The first kappa shape index (κ1) is 6.93. The lowest BCUT2D eigenvalue weighted by Crippen LogP contribution is -2.34. The van der Waals surface area contributed by atoms with Crippen LogP contribution in [0.1, 0.15) is 45.4 Å². The minimum atomic E-state index is -0.110. The first-order valence-corrected chi connectivity index (χ1v) is 4.92. The lowest BCUT2D eigenvalue weighted by atomic mass is 9.67. The fraction of sp³-hybridized carbons (Fsp3) is 0.900. The third-order valence-corrected chi connectivity index (χ3v) is 3.46. The Morgan fingerprint density at radius 2 is 2.33 bits per heavy atom. The first-order valence-electron chi connectivity index (χ1n) is 5.36. The predicted octanol–water partition coefficient (Wildman–Crippen LogP) is 1.85. The van der Waals surface area contributed by atoms with Crippen LogP contribution in [0.3, 0.4) is 0 Å². The Bertz CT molecular complexity index is 225. The molecule has 68 valence electrons. The quantitative estimate of drug-likeness (QED) is 0.636. The van der Waals surface area contributed by atoms with Gasteiger partial charge in [-0.2, -0.15) is 0 Å². The second-order valence-electron chi connectivity index (χ2n) is 4.40. The van der Waals surface area contributed by atoms with Crippen LogP contribution >= 0.6 is 0 Å². The number of carbonyl (C=O) groups is 1. The molecule has 0 saturated heterocycles. The molecule has 2 aliphatic carbocycles. The lowest BCUT2D eigenvalue weighted by molar-refractivity contribution is -0.119. The van der Waals surface area contributed by atoms with E-state index in [1.165, 1.54) is 37.9 Å². The van der Waals surface area contributed by atoms with Crippen LogP contribution in [0.4, 0.5) is 0 Å². The van der Waals surface area contributed by atoms with Crippen molar-refractivity contribution in [2.45, 2.75) is 51.5 Å². The van der Waals surface area contributed by atoms with Crippen LogP contribution < -0.4 is 5.31 Å². The van der Waals surface area contributed by atoms with E-state index in [-0.39, 0.29) is 11.9 Å². The molecule has 1 atom stereocenters. The first-order chi connectivity index (χ1) is 6.13. The molecule has 1 unspecified atom stereocenters. The summed E-state index contributed by atoms with van der Waals surface area (Å²) in [5.41, 5.74) is 0.541. The summed E-state index contributed by atoms with van der Waals surface area (Å²) in [6, 6.07) is 0.206.